The molecule has 0 aromatic heterocycles. The maximum absolute atomic E-state index is 13.1. The highest BCUT2D eigenvalue weighted by Crippen LogP contribution is 2.45. The van der Waals surface area contributed by atoms with E-state index in [-0.39, 0.29) is 17.5 Å². The normalized spacial score (nSPS) is 23.0. The molecule has 0 N–H and O–H groups in total. The Balaban J connectivity index is 2.21. The second kappa shape index (κ2) is 5.55. The molecule has 3 rings (SSSR count). The van der Waals surface area contributed by atoms with Gasteiger partial charge in [-0.1, -0.05) is 43.3 Å². The molecule has 0 radical (unpaired) electrons. The van der Waals surface area contributed by atoms with Crippen LogP contribution in [0.25, 0.3) is 0 Å². The molecule has 124 valence electrons. The van der Waals surface area contributed by atoms with Crippen LogP contribution >= 0.6 is 0 Å². The van der Waals surface area contributed by atoms with E-state index in [9.17, 15) is 14.4 Å². The first-order valence-electron chi connectivity index (χ1n) is 8.00. The molecule has 0 aliphatic heterocycles. The fourth-order valence-electron chi connectivity index (χ4n) is 3.64. The predicted molar refractivity (Wildman–Crippen MR) is 89.7 cm³/mol. The summed E-state index contributed by atoms with van der Waals surface area (Å²) in [7, 11) is 1.33. The minimum atomic E-state index is -0.936. The molecule has 0 amide bonds. The number of ketones is 2. The highest BCUT2D eigenvalue weighted by molar-refractivity contribution is 6.27. The summed E-state index contributed by atoms with van der Waals surface area (Å²) in [6.45, 7) is 5.38. The van der Waals surface area contributed by atoms with Gasteiger partial charge in [0.2, 0.25) is 0 Å². The van der Waals surface area contributed by atoms with Crippen molar-refractivity contribution >= 4 is 17.5 Å². The summed E-state index contributed by atoms with van der Waals surface area (Å²) in [4.78, 5) is 38.3. The lowest BCUT2D eigenvalue weighted by atomic mass is 9.64. The van der Waals surface area contributed by atoms with Gasteiger partial charge < -0.3 is 4.74 Å². The van der Waals surface area contributed by atoms with Crippen molar-refractivity contribution in [2.75, 3.05) is 7.11 Å². The molecule has 4 nitrogen and oxygen atoms in total. The van der Waals surface area contributed by atoms with Crippen molar-refractivity contribution in [2.45, 2.75) is 20.8 Å². The standard InChI is InChI=1S/C20H20O4/c1-11-9-10-14(20(2,3)19(23)24-4)16-15(11)17(21)12-7-5-6-8-13(12)18(16)22/h5-11,14H,1-4H3. The van der Waals surface area contributed by atoms with Crippen molar-refractivity contribution in [1.82, 2.24) is 0 Å². The number of fused-ring (bicyclic) bond motifs is 1. The van der Waals surface area contributed by atoms with Crippen LogP contribution in [0.5, 0.6) is 0 Å². The number of carbonyl (C=O) groups excluding carboxylic acids is 3. The molecule has 1 aromatic carbocycles. The molecule has 1 aromatic rings. The van der Waals surface area contributed by atoms with E-state index in [0.717, 1.165) is 0 Å². The van der Waals surface area contributed by atoms with Gasteiger partial charge in [-0.05, 0) is 13.8 Å². The van der Waals surface area contributed by atoms with Gasteiger partial charge in [-0.2, -0.15) is 0 Å². The lowest BCUT2D eigenvalue weighted by Gasteiger charge is -2.37. The smallest absolute Gasteiger partial charge is 0.312 e. The zero-order valence-corrected chi connectivity index (χ0v) is 14.3. The van der Waals surface area contributed by atoms with Crippen molar-refractivity contribution in [1.29, 1.82) is 0 Å². The summed E-state index contributed by atoms with van der Waals surface area (Å²) in [5.41, 5.74) is 0.855. The van der Waals surface area contributed by atoms with Gasteiger partial charge >= 0.3 is 5.97 Å². The maximum Gasteiger partial charge on any atom is 0.312 e. The Labute approximate surface area is 141 Å². The van der Waals surface area contributed by atoms with E-state index in [1.54, 1.807) is 38.1 Å². The van der Waals surface area contributed by atoms with Crippen LogP contribution < -0.4 is 0 Å². The van der Waals surface area contributed by atoms with Crippen LogP contribution in [0.4, 0.5) is 0 Å². The molecule has 0 saturated heterocycles. The zero-order chi connectivity index (χ0) is 17.6. The van der Waals surface area contributed by atoms with E-state index in [1.807, 2.05) is 19.1 Å². The monoisotopic (exact) mass is 324 g/mol. The first-order valence-corrected chi connectivity index (χ1v) is 8.00. The van der Waals surface area contributed by atoms with Crippen LogP contribution in [0.15, 0.2) is 47.6 Å². The lowest BCUT2D eigenvalue weighted by molar-refractivity contribution is -0.152. The van der Waals surface area contributed by atoms with Crippen molar-refractivity contribution in [3.8, 4) is 0 Å². The Morgan fingerprint density at radius 3 is 2.08 bits per heavy atom. The van der Waals surface area contributed by atoms with Crippen LogP contribution in [0, 0.1) is 17.3 Å². The Kier molecular flexibility index (Phi) is 3.78. The Morgan fingerprint density at radius 2 is 1.54 bits per heavy atom. The van der Waals surface area contributed by atoms with E-state index >= 15 is 0 Å². The second-order valence-electron chi connectivity index (χ2n) is 6.90. The Bertz CT molecular complexity index is 811. The SMILES string of the molecule is COC(=O)C(C)(C)C1C=CC(C)C2=C1C(=O)c1ccccc1C2=O. The van der Waals surface area contributed by atoms with Gasteiger partial charge in [0.25, 0.3) is 0 Å². The van der Waals surface area contributed by atoms with Crippen LogP contribution in [-0.2, 0) is 9.53 Å². The molecule has 2 atom stereocenters. The van der Waals surface area contributed by atoms with E-state index in [0.29, 0.717) is 22.3 Å². The fourth-order valence-corrected chi connectivity index (χ4v) is 3.64. The number of Topliss-reactive ketones (excluding diaryl/α,β-unsaturated/α-hetero) is 2. The van der Waals surface area contributed by atoms with Gasteiger partial charge in [-0.25, -0.2) is 0 Å². The molecule has 0 bridgehead atoms. The molecule has 0 saturated carbocycles. The molecular weight excluding hydrogens is 304 g/mol. The number of methoxy groups -OCH3 is 1. The van der Waals surface area contributed by atoms with Crippen LogP contribution in [0.1, 0.15) is 41.5 Å². The quantitative estimate of drug-likeness (QED) is 0.618. The second-order valence-corrected chi connectivity index (χ2v) is 6.90. The molecule has 4 heteroatoms. The molecule has 0 spiro atoms. The summed E-state index contributed by atoms with van der Waals surface area (Å²) in [6, 6.07) is 6.86. The lowest BCUT2D eigenvalue weighted by Crippen LogP contribution is -2.40. The third kappa shape index (κ3) is 2.17. The van der Waals surface area contributed by atoms with E-state index < -0.39 is 17.3 Å². The Hall–Kier alpha value is -2.49. The van der Waals surface area contributed by atoms with Gasteiger partial charge in [0.1, 0.15) is 0 Å². The van der Waals surface area contributed by atoms with E-state index in [2.05, 4.69) is 0 Å². The number of hydrogen-bond donors (Lipinski definition) is 0. The van der Waals surface area contributed by atoms with E-state index in [4.69, 9.17) is 4.74 Å². The van der Waals surface area contributed by atoms with Gasteiger partial charge in [-0.3, -0.25) is 14.4 Å². The average molecular weight is 324 g/mol. The highest BCUT2D eigenvalue weighted by atomic mass is 16.5. The summed E-state index contributed by atoms with van der Waals surface area (Å²) in [6.07, 6.45) is 3.76. The van der Waals surface area contributed by atoms with E-state index in [1.165, 1.54) is 7.11 Å². The predicted octanol–water partition coefficient (Wildman–Crippen LogP) is 3.38. The molecule has 2 unspecified atom stereocenters. The van der Waals surface area contributed by atoms with Gasteiger partial charge in [0.15, 0.2) is 11.6 Å². The molecule has 0 heterocycles. The van der Waals surface area contributed by atoms with Crippen molar-refractivity contribution in [2.24, 2.45) is 17.3 Å². The molecule has 24 heavy (non-hydrogen) atoms. The van der Waals surface area contributed by atoms with Crippen molar-refractivity contribution < 1.29 is 19.1 Å². The zero-order valence-electron chi connectivity index (χ0n) is 14.3. The third-order valence-corrected chi connectivity index (χ3v) is 5.04. The van der Waals surface area contributed by atoms with Crippen molar-refractivity contribution in [3.63, 3.8) is 0 Å². The number of carbonyl (C=O) groups is 3. The number of esters is 1. The number of hydrogen-bond acceptors (Lipinski definition) is 4. The van der Waals surface area contributed by atoms with Crippen LogP contribution in [0.2, 0.25) is 0 Å². The molecule has 2 aliphatic rings. The highest BCUT2D eigenvalue weighted by Gasteiger charge is 2.47. The summed E-state index contributed by atoms with van der Waals surface area (Å²) in [5.74, 6) is -1.34. The van der Waals surface area contributed by atoms with Gasteiger partial charge in [0.05, 0.1) is 12.5 Å². The van der Waals surface area contributed by atoms with Crippen LogP contribution in [0.3, 0.4) is 0 Å². The number of benzene rings is 1. The molecule has 2 aliphatic carbocycles. The minimum absolute atomic E-state index is 0.122. The van der Waals surface area contributed by atoms with Gasteiger partial charge in [0, 0.05) is 34.1 Å². The first kappa shape index (κ1) is 16.4. The number of allylic oxidation sites excluding steroid dienone is 4. The number of ether oxygens (including phenoxy) is 1. The van der Waals surface area contributed by atoms with Gasteiger partial charge in [-0.15, -0.1) is 0 Å². The third-order valence-electron chi connectivity index (χ3n) is 5.04. The summed E-state index contributed by atoms with van der Waals surface area (Å²) >= 11 is 0. The van der Waals surface area contributed by atoms with Crippen molar-refractivity contribution in [3.05, 3.63) is 58.7 Å². The Morgan fingerprint density at radius 1 is 1.00 bits per heavy atom. The first-order chi connectivity index (χ1) is 11.3. The molecule has 0 fully saturated rings. The average Bonchev–Trinajstić information content (AvgIpc) is 2.58. The number of rotatable bonds is 2. The minimum Gasteiger partial charge on any atom is -0.469 e. The maximum atomic E-state index is 13.1. The summed E-state index contributed by atoms with van der Waals surface area (Å²) in [5, 5.41) is 0. The topological polar surface area (TPSA) is 60.4 Å². The molecular formula is C20H20O4. The largest absolute Gasteiger partial charge is 0.469 e. The fraction of sp³-hybridized carbons (Fsp3) is 0.350. The van der Waals surface area contributed by atoms with Crippen LogP contribution in [-0.4, -0.2) is 24.6 Å². The summed E-state index contributed by atoms with van der Waals surface area (Å²) < 4.78 is 4.91.